The Morgan fingerprint density at radius 3 is 1.18 bits per heavy atom. The van der Waals surface area contributed by atoms with Gasteiger partial charge in [-0.25, -0.2) is 0 Å². The van der Waals surface area contributed by atoms with Gasteiger partial charge in [-0.1, -0.05) is 166 Å². The molecule has 0 bridgehead atoms. The normalized spacial score (nSPS) is 21.0. The van der Waals surface area contributed by atoms with Crippen molar-refractivity contribution in [2.45, 2.75) is 181 Å². The first-order chi connectivity index (χ1) is 28.1. The van der Waals surface area contributed by atoms with Gasteiger partial charge in [0.05, 0.1) is 47.4 Å². The number of nitrogens with zero attached hydrogens (tertiary/aromatic N) is 4. The molecule has 4 aromatic rings. The van der Waals surface area contributed by atoms with Crippen LogP contribution in [-0.2, 0) is 17.6 Å². The highest BCUT2D eigenvalue weighted by atomic mass is 16.5. The second-order valence-corrected chi connectivity index (χ2v) is 17.8. The van der Waals surface area contributed by atoms with Crippen LogP contribution in [0.3, 0.4) is 0 Å². The van der Waals surface area contributed by atoms with Crippen molar-refractivity contribution in [2.24, 2.45) is 23.7 Å². The summed E-state index contributed by atoms with van der Waals surface area (Å²) < 4.78 is 7.69. The molecule has 2 aromatic carbocycles. The molecule has 2 saturated carbocycles. The van der Waals surface area contributed by atoms with E-state index in [0.717, 1.165) is 58.6 Å². The van der Waals surface area contributed by atoms with Crippen LogP contribution in [-0.4, -0.2) is 19.9 Å². The Bertz CT molecular complexity index is 1540. The third-order valence-electron chi connectivity index (χ3n) is 13.4. The fraction of sp³-hybridized carbons (Fsp3) is 0.615. The zero-order valence-corrected chi connectivity index (χ0v) is 36.1. The standard InChI is InChI=1S/C52H74N4O/c1-5-9-13-17-47-35-55-49(37-53-47)41-27-31-45(32-28-41)51(43-23-19-39(20-24-43)15-11-7-3)57-52(44-25-21-40(22-26-44)16-12-8-4)46-33-29-42(30-34-46)50-38-54-48(36-56-50)18-14-10-6-2/h27-40,43-44,51-52H,5-26H2,1-4H3. The zero-order chi connectivity index (χ0) is 39.7. The topological polar surface area (TPSA) is 60.8 Å². The van der Waals surface area contributed by atoms with Crippen LogP contribution in [0.5, 0.6) is 0 Å². The van der Waals surface area contributed by atoms with Gasteiger partial charge in [0.25, 0.3) is 0 Å². The first kappa shape index (κ1) is 43.1. The SMILES string of the molecule is CCCCCc1cnc(-c2ccc(C(OC(c3ccc(-c4cnc(CCCCC)cn4)cc3)C3CCC(CCCC)CC3)C3CCC(CCCC)CC3)cc2)cn1. The van der Waals surface area contributed by atoms with Crippen molar-refractivity contribution in [1.82, 2.24) is 19.9 Å². The summed E-state index contributed by atoms with van der Waals surface area (Å²) in [5.41, 5.74) is 8.96. The number of unbranched alkanes of at least 4 members (excludes halogenated alkanes) is 6. The average Bonchev–Trinajstić information content (AvgIpc) is 3.27. The second kappa shape index (κ2) is 23.2. The van der Waals surface area contributed by atoms with E-state index in [2.05, 4.69) is 76.2 Å². The first-order valence-corrected chi connectivity index (χ1v) is 23.6. The van der Waals surface area contributed by atoms with Crippen LogP contribution in [0.15, 0.2) is 73.3 Å². The minimum Gasteiger partial charge on any atom is -0.365 e. The summed E-state index contributed by atoms with van der Waals surface area (Å²) in [6.07, 6.45) is 35.6. The van der Waals surface area contributed by atoms with Gasteiger partial charge < -0.3 is 4.74 Å². The summed E-state index contributed by atoms with van der Waals surface area (Å²) in [7, 11) is 0. The molecule has 0 saturated heterocycles. The number of hydrogen-bond donors (Lipinski definition) is 0. The van der Waals surface area contributed by atoms with E-state index in [1.54, 1.807) is 0 Å². The molecule has 5 heteroatoms. The van der Waals surface area contributed by atoms with E-state index in [1.807, 2.05) is 24.8 Å². The fourth-order valence-corrected chi connectivity index (χ4v) is 9.69. The molecule has 57 heavy (non-hydrogen) atoms. The molecule has 0 amide bonds. The van der Waals surface area contributed by atoms with Crippen LogP contribution in [0, 0.1) is 23.7 Å². The molecule has 6 rings (SSSR count). The van der Waals surface area contributed by atoms with Crippen molar-refractivity contribution in [3.05, 3.63) is 95.8 Å². The molecule has 0 spiro atoms. The summed E-state index contributed by atoms with van der Waals surface area (Å²) in [5, 5.41) is 0. The van der Waals surface area contributed by atoms with Crippen LogP contribution >= 0.6 is 0 Å². The molecule has 2 aliphatic rings. The van der Waals surface area contributed by atoms with E-state index >= 15 is 0 Å². The van der Waals surface area contributed by atoms with E-state index in [1.165, 1.54) is 140 Å². The smallest absolute Gasteiger partial charge is 0.0885 e. The van der Waals surface area contributed by atoms with Gasteiger partial charge >= 0.3 is 0 Å². The number of aryl methyl sites for hydroxylation is 2. The summed E-state index contributed by atoms with van der Waals surface area (Å²) >= 11 is 0. The lowest BCUT2D eigenvalue weighted by Crippen LogP contribution is -2.28. The van der Waals surface area contributed by atoms with Crippen LogP contribution < -0.4 is 0 Å². The monoisotopic (exact) mass is 771 g/mol. The largest absolute Gasteiger partial charge is 0.365 e. The molecular weight excluding hydrogens is 697 g/mol. The van der Waals surface area contributed by atoms with Crippen molar-refractivity contribution < 1.29 is 4.74 Å². The Kier molecular flexibility index (Phi) is 17.6. The molecule has 2 aliphatic carbocycles. The quantitative estimate of drug-likeness (QED) is 0.0745. The van der Waals surface area contributed by atoms with Gasteiger partial charge in [0.15, 0.2) is 0 Å². The molecule has 0 aliphatic heterocycles. The highest BCUT2D eigenvalue weighted by Gasteiger charge is 2.36. The Balaban J connectivity index is 1.25. The average molecular weight is 771 g/mol. The summed E-state index contributed by atoms with van der Waals surface area (Å²) in [6.45, 7) is 9.15. The molecular formula is C52H74N4O. The molecule has 2 heterocycles. The molecule has 2 aromatic heterocycles. The lowest BCUT2D eigenvalue weighted by Gasteiger charge is -2.40. The molecule has 2 fully saturated rings. The zero-order valence-electron chi connectivity index (χ0n) is 36.1. The molecule has 0 radical (unpaired) electrons. The van der Waals surface area contributed by atoms with Crippen LogP contribution in [0.4, 0.5) is 0 Å². The van der Waals surface area contributed by atoms with Crippen LogP contribution in [0.2, 0.25) is 0 Å². The van der Waals surface area contributed by atoms with Crippen LogP contribution in [0.1, 0.15) is 191 Å². The van der Waals surface area contributed by atoms with Gasteiger partial charge in [0, 0.05) is 23.5 Å². The summed E-state index contributed by atoms with van der Waals surface area (Å²) in [4.78, 5) is 19.3. The maximum atomic E-state index is 7.69. The minimum atomic E-state index is 0.0619. The van der Waals surface area contributed by atoms with Gasteiger partial charge in [-0.3, -0.25) is 19.9 Å². The fourth-order valence-electron chi connectivity index (χ4n) is 9.69. The van der Waals surface area contributed by atoms with Gasteiger partial charge in [-0.05, 0) is 86.2 Å². The minimum absolute atomic E-state index is 0.0619. The van der Waals surface area contributed by atoms with Gasteiger partial charge in [-0.2, -0.15) is 0 Å². The third-order valence-corrected chi connectivity index (χ3v) is 13.4. The number of aromatic nitrogens is 4. The molecule has 2 unspecified atom stereocenters. The number of rotatable bonds is 22. The number of hydrogen-bond acceptors (Lipinski definition) is 5. The van der Waals surface area contributed by atoms with Crippen molar-refractivity contribution >= 4 is 0 Å². The first-order valence-electron chi connectivity index (χ1n) is 23.6. The van der Waals surface area contributed by atoms with Crippen LogP contribution in [0.25, 0.3) is 22.5 Å². The summed E-state index contributed by atoms with van der Waals surface area (Å²) in [5.74, 6) is 2.76. The third kappa shape index (κ3) is 12.8. The van der Waals surface area contributed by atoms with E-state index < -0.39 is 0 Å². The maximum absolute atomic E-state index is 7.69. The lowest BCUT2D eigenvalue weighted by atomic mass is 9.74. The predicted molar refractivity (Wildman–Crippen MR) is 238 cm³/mol. The van der Waals surface area contributed by atoms with Crippen molar-refractivity contribution in [2.75, 3.05) is 0 Å². The Labute approximate surface area is 346 Å². The number of ether oxygens (including phenoxy) is 1. The van der Waals surface area contributed by atoms with Crippen molar-refractivity contribution in [1.29, 1.82) is 0 Å². The van der Waals surface area contributed by atoms with Gasteiger partial charge in [0.1, 0.15) is 0 Å². The maximum Gasteiger partial charge on any atom is 0.0885 e. The van der Waals surface area contributed by atoms with Gasteiger partial charge in [-0.15, -0.1) is 0 Å². The van der Waals surface area contributed by atoms with E-state index in [-0.39, 0.29) is 12.2 Å². The van der Waals surface area contributed by atoms with Crippen molar-refractivity contribution in [3.8, 4) is 22.5 Å². The molecule has 2 atom stereocenters. The molecule has 5 nitrogen and oxygen atoms in total. The highest BCUT2D eigenvalue weighted by Crippen LogP contribution is 2.47. The summed E-state index contributed by atoms with van der Waals surface area (Å²) in [6, 6.07) is 18.4. The van der Waals surface area contributed by atoms with E-state index in [9.17, 15) is 0 Å². The van der Waals surface area contributed by atoms with Crippen molar-refractivity contribution in [3.63, 3.8) is 0 Å². The predicted octanol–water partition coefficient (Wildman–Crippen LogP) is 14.9. The molecule has 308 valence electrons. The molecule has 0 N–H and O–H groups in total. The Hall–Kier alpha value is -3.44. The van der Waals surface area contributed by atoms with E-state index in [0.29, 0.717) is 11.8 Å². The Morgan fingerprint density at radius 1 is 0.456 bits per heavy atom. The number of benzene rings is 2. The lowest BCUT2D eigenvalue weighted by molar-refractivity contribution is -0.0907. The Morgan fingerprint density at radius 2 is 0.842 bits per heavy atom. The highest BCUT2D eigenvalue weighted by molar-refractivity contribution is 5.59. The van der Waals surface area contributed by atoms with E-state index in [4.69, 9.17) is 24.7 Å². The second-order valence-electron chi connectivity index (χ2n) is 17.8. The van der Waals surface area contributed by atoms with Gasteiger partial charge in [0.2, 0.25) is 0 Å².